The third-order valence-corrected chi connectivity index (χ3v) is 3.07. The number of carboxylic acids is 1. The van der Waals surface area contributed by atoms with Gasteiger partial charge in [-0.15, -0.1) is 0 Å². The normalized spacial score (nSPS) is 12.4. The van der Waals surface area contributed by atoms with Crippen LogP contribution < -0.4 is 4.74 Å². The predicted molar refractivity (Wildman–Crippen MR) is 78.1 cm³/mol. The van der Waals surface area contributed by atoms with E-state index in [1.807, 2.05) is 24.3 Å². The van der Waals surface area contributed by atoms with Crippen LogP contribution in [0.25, 0.3) is 0 Å². The van der Waals surface area contributed by atoms with Crippen molar-refractivity contribution in [1.82, 2.24) is 0 Å². The molecule has 0 spiro atoms. The van der Waals surface area contributed by atoms with E-state index in [1.165, 1.54) is 0 Å². The molecule has 0 aliphatic heterocycles. The van der Waals surface area contributed by atoms with Crippen molar-refractivity contribution in [3.05, 3.63) is 29.8 Å². The summed E-state index contributed by atoms with van der Waals surface area (Å²) in [6.45, 7) is 5.29. The Morgan fingerprint density at radius 2 is 2.00 bits per heavy atom. The number of ether oxygens (including phenoxy) is 2. The van der Waals surface area contributed by atoms with Crippen molar-refractivity contribution in [3.63, 3.8) is 0 Å². The minimum Gasteiger partial charge on any atom is -0.496 e. The van der Waals surface area contributed by atoms with Crippen LogP contribution in [0, 0.1) is 11.8 Å². The number of rotatable bonds is 9. The lowest BCUT2D eigenvalue weighted by Gasteiger charge is -2.15. The van der Waals surface area contributed by atoms with E-state index in [0.717, 1.165) is 11.3 Å². The Kier molecular flexibility index (Phi) is 7.09. The van der Waals surface area contributed by atoms with Crippen LogP contribution in [0.2, 0.25) is 0 Å². The van der Waals surface area contributed by atoms with Crippen molar-refractivity contribution in [1.29, 1.82) is 0 Å². The van der Waals surface area contributed by atoms with Crippen molar-refractivity contribution in [2.75, 3.05) is 20.3 Å². The maximum atomic E-state index is 11.3. The SMILES string of the molecule is COc1ccccc1CC(CCOCC(C)C)C(=O)O. The first kappa shape index (κ1) is 16.5. The fourth-order valence-electron chi connectivity index (χ4n) is 1.99. The second-order valence-electron chi connectivity index (χ2n) is 5.31. The smallest absolute Gasteiger partial charge is 0.306 e. The van der Waals surface area contributed by atoms with E-state index in [1.54, 1.807) is 7.11 Å². The Morgan fingerprint density at radius 1 is 1.30 bits per heavy atom. The molecular formula is C16H24O4. The lowest BCUT2D eigenvalue weighted by molar-refractivity contribution is -0.142. The van der Waals surface area contributed by atoms with Gasteiger partial charge in [0.25, 0.3) is 0 Å². The van der Waals surface area contributed by atoms with Gasteiger partial charge in [0.05, 0.1) is 13.0 Å². The molecule has 0 aliphatic carbocycles. The Balaban J connectivity index is 2.56. The molecule has 20 heavy (non-hydrogen) atoms. The molecule has 1 unspecified atom stereocenters. The number of benzene rings is 1. The Labute approximate surface area is 120 Å². The number of hydrogen-bond donors (Lipinski definition) is 1. The van der Waals surface area contributed by atoms with Crippen LogP contribution in [0.1, 0.15) is 25.8 Å². The van der Waals surface area contributed by atoms with Crippen LogP contribution in [-0.4, -0.2) is 31.4 Å². The largest absolute Gasteiger partial charge is 0.496 e. The monoisotopic (exact) mass is 280 g/mol. The molecule has 1 atom stereocenters. The van der Waals surface area contributed by atoms with E-state index in [2.05, 4.69) is 13.8 Å². The van der Waals surface area contributed by atoms with Gasteiger partial charge in [0.2, 0.25) is 0 Å². The Bertz CT molecular complexity index is 415. The average molecular weight is 280 g/mol. The van der Waals surface area contributed by atoms with Gasteiger partial charge in [-0.05, 0) is 30.4 Å². The minimum absolute atomic E-state index is 0.446. The van der Waals surface area contributed by atoms with Gasteiger partial charge < -0.3 is 14.6 Å². The lowest BCUT2D eigenvalue weighted by Crippen LogP contribution is -2.19. The predicted octanol–water partition coefficient (Wildman–Crippen LogP) is 3.00. The molecule has 0 aromatic heterocycles. The van der Waals surface area contributed by atoms with Crippen molar-refractivity contribution in [2.24, 2.45) is 11.8 Å². The van der Waals surface area contributed by atoms with Gasteiger partial charge in [-0.1, -0.05) is 32.0 Å². The van der Waals surface area contributed by atoms with Crippen molar-refractivity contribution in [3.8, 4) is 5.75 Å². The Morgan fingerprint density at radius 3 is 2.60 bits per heavy atom. The summed E-state index contributed by atoms with van der Waals surface area (Å²) >= 11 is 0. The van der Waals surface area contributed by atoms with Gasteiger partial charge in [0.15, 0.2) is 0 Å². The molecule has 1 N–H and O–H groups in total. The highest BCUT2D eigenvalue weighted by atomic mass is 16.5. The standard InChI is InChI=1S/C16H24O4/c1-12(2)11-20-9-8-14(16(17)18)10-13-6-4-5-7-15(13)19-3/h4-7,12,14H,8-11H2,1-3H3,(H,17,18). The molecule has 0 saturated heterocycles. The summed E-state index contributed by atoms with van der Waals surface area (Å²) in [5.74, 6) is -0.0307. The van der Waals surface area contributed by atoms with Crippen LogP contribution in [-0.2, 0) is 16.0 Å². The van der Waals surface area contributed by atoms with Crippen molar-refractivity contribution < 1.29 is 19.4 Å². The summed E-state index contributed by atoms with van der Waals surface area (Å²) in [6.07, 6.45) is 0.977. The van der Waals surface area contributed by atoms with Gasteiger partial charge in [0.1, 0.15) is 5.75 Å². The molecule has 0 heterocycles. The molecule has 0 bridgehead atoms. The molecular weight excluding hydrogens is 256 g/mol. The summed E-state index contributed by atoms with van der Waals surface area (Å²) in [7, 11) is 1.60. The number of methoxy groups -OCH3 is 1. The van der Waals surface area contributed by atoms with Crippen molar-refractivity contribution >= 4 is 5.97 Å². The van der Waals surface area contributed by atoms with Crippen LogP contribution in [0.3, 0.4) is 0 Å². The molecule has 4 heteroatoms. The average Bonchev–Trinajstić information content (AvgIpc) is 2.42. The van der Waals surface area contributed by atoms with E-state index < -0.39 is 11.9 Å². The molecule has 0 saturated carbocycles. The van der Waals surface area contributed by atoms with Crippen molar-refractivity contribution in [2.45, 2.75) is 26.7 Å². The first-order valence-corrected chi connectivity index (χ1v) is 6.97. The van der Waals surface area contributed by atoms with Crippen LogP contribution in [0.15, 0.2) is 24.3 Å². The number of carboxylic acid groups (broad SMARTS) is 1. The first-order valence-electron chi connectivity index (χ1n) is 6.97. The van der Waals surface area contributed by atoms with E-state index in [9.17, 15) is 9.90 Å². The fraction of sp³-hybridized carbons (Fsp3) is 0.562. The van der Waals surface area contributed by atoms with Gasteiger partial charge in [-0.2, -0.15) is 0 Å². The highest BCUT2D eigenvalue weighted by molar-refractivity contribution is 5.70. The summed E-state index contributed by atoms with van der Waals surface area (Å²) < 4.78 is 10.7. The van der Waals surface area contributed by atoms with Gasteiger partial charge >= 0.3 is 5.97 Å². The minimum atomic E-state index is -0.788. The maximum absolute atomic E-state index is 11.3. The molecule has 112 valence electrons. The van der Waals surface area contributed by atoms with Crippen LogP contribution in [0.5, 0.6) is 5.75 Å². The molecule has 4 nitrogen and oxygen atoms in total. The second-order valence-corrected chi connectivity index (χ2v) is 5.31. The topological polar surface area (TPSA) is 55.8 Å². The first-order chi connectivity index (χ1) is 9.54. The lowest BCUT2D eigenvalue weighted by atomic mass is 9.96. The molecule has 0 aliphatic rings. The number of carbonyl (C=O) groups is 1. The summed E-state index contributed by atoms with van der Waals surface area (Å²) in [5, 5.41) is 9.31. The van der Waals surface area contributed by atoms with E-state index >= 15 is 0 Å². The highest BCUT2D eigenvalue weighted by Crippen LogP contribution is 2.22. The fourth-order valence-corrected chi connectivity index (χ4v) is 1.99. The molecule has 1 rings (SSSR count). The third kappa shape index (κ3) is 5.61. The summed E-state index contributed by atoms with van der Waals surface area (Å²) in [4.78, 5) is 11.3. The van der Waals surface area contributed by atoms with E-state index in [-0.39, 0.29) is 0 Å². The second kappa shape index (κ2) is 8.59. The molecule has 0 amide bonds. The zero-order chi connectivity index (χ0) is 15.0. The quantitative estimate of drug-likeness (QED) is 0.706. The van der Waals surface area contributed by atoms with Gasteiger partial charge in [0, 0.05) is 13.2 Å². The zero-order valence-electron chi connectivity index (χ0n) is 12.5. The third-order valence-electron chi connectivity index (χ3n) is 3.07. The highest BCUT2D eigenvalue weighted by Gasteiger charge is 2.19. The number of para-hydroxylation sites is 1. The number of aliphatic carboxylic acids is 1. The van der Waals surface area contributed by atoms with Crippen LogP contribution in [0.4, 0.5) is 0 Å². The molecule has 0 fully saturated rings. The summed E-state index contributed by atoms with van der Waals surface area (Å²) in [6, 6.07) is 7.53. The van der Waals surface area contributed by atoms with Gasteiger partial charge in [-0.3, -0.25) is 4.79 Å². The molecule has 0 radical (unpaired) electrons. The van der Waals surface area contributed by atoms with Gasteiger partial charge in [-0.25, -0.2) is 0 Å². The summed E-state index contributed by atoms with van der Waals surface area (Å²) in [5.41, 5.74) is 0.922. The van der Waals surface area contributed by atoms with Crippen LogP contribution >= 0.6 is 0 Å². The Hall–Kier alpha value is -1.55. The van der Waals surface area contributed by atoms with E-state index in [0.29, 0.717) is 32.0 Å². The number of hydrogen-bond acceptors (Lipinski definition) is 3. The van der Waals surface area contributed by atoms with E-state index in [4.69, 9.17) is 9.47 Å². The molecule has 1 aromatic carbocycles. The maximum Gasteiger partial charge on any atom is 0.306 e. The zero-order valence-corrected chi connectivity index (χ0v) is 12.5. The molecule has 1 aromatic rings.